The van der Waals surface area contributed by atoms with Crippen LogP contribution in [-0.2, 0) is 12.2 Å². The molecule has 11 heteroatoms. The van der Waals surface area contributed by atoms with E-state index < -0.39 is 5.82 Å². The monoisotopic (exact) mass is 550 g/mol. The zero-order chi connectivity index (χ0) is 26.4. The van der Waals surface area contributed by atoms with Crippen molar-refractivity contribution in [2.45, 2.75) is 23.6 Å². The second-order valence-electron chi connectivity index (χ2n) is 7.83. The summed E-state index contributed by atoms with van der Waals surface area (Å²) in [6.45, 7) is 0.106. The first-order chi connectivity index (χ1) is 17.9. The molecule has 2 aromatic carbocycles. The van der Waals surface area contributed by atoms with Gasteiger partial charge in [0.1, 0.15) is 28.5 Å². The Kier molecular flexibility index (Phi) is 8.59. The van der Waals surface area contributed by atoms with Crippen molar-refractivity contribution in [2.75, 3.05) is 17.7 Å². The molecule has 186 valence electrons. The van der Waals surface area contributed by atoms with E-state index in [0.717, 1.165) is 12.0 Å². The third-order valence-corrected chi connectivity index (χ3v) is 7.49. The van der Waals surface area contributed by atoms with Gasteiger partial charge in [-0.25, -0.2) is 14.4 Å². The van der Waals surface area contributed by atoms with Gasteiger partial charge in [-0.2, -0.15) is 10.5 Å². The Bertz CT molecular complexity index is 1510. The standard InChI is InChI=1S/C26H20ClFN6OS2/c27-20-4-1-5-21(23(20)28)33-26-32-17(14-37-26)13-36-25-19(12-30)22(18(11-29)24(31)34-25)16-8-6-15(7-9-16)3-2-10-35/h1,4-9,14,35H,2-3,10,13H2,(H2,31,34)(H,32,33). The van der Waals surface area contributed by atoms with Crippen LogP contribution in [0.15, 0.2) is 52.9 Å². The molecule has 37 heavy (non-hydrogen) atoms. The van der Waals surface area contributed by atoms with Crippen LogP contribution >= 0.6 is 34.7 Å². The molecule has 0 atom stereocenters. The fraction of sp³-hybridized carbons (Fsp3) is 0.154. The fourth-order valence-electron chi connectivity index (χ4n) is 3.60. The van der Waals surface area contributed by atoms with Crippen molar-refractivity contribution in [2.24, 2.45) is 0 Å². The number of aromatic nitrogens is 2. The summed E-state index contributed by atoms with van der Waals surface area (Å²) in [5.74, 6) is -0.136. The molecule has 0 aliphatic rings. The first-order valence-electron chi connectivity index (χ1n) is 11.1. The highest BCUT2D eigenvalue weighted by atomic mass is 35.5. The van der Waals surface area contributed by atoms with Crippen LogP contribution < -0.4 is 11.1 Å². The quantitative estimate of drug-likeness (QED) is 0.207. The van der Waals surface area contributed by atoms with Gasteiger partial charge >= 0.3 is 0 Å². The number of anilines is 3. The number of thiazole rings is 1. The molecule has 0 aliphatic heterocycles. The van der Waals surface area contributed by atoms with Gasteiger partial charge in [0.25, 0.3) is 0 Å². The topological polar surface area (TPSA) is 132 Å². The first-order valence-corrected chi connectivity index (χ1v) is 13.3. The lowest BCUT2D eigenvalue weighted by atomic mass is 9.95. The Morgan fingerprint density at radius 2 is 1.86 bits per heavy atom. The lowest BCUT2D eigenvalue weighted by molar-refractivity contribution is 0.288. The number of rotatable bonds is 9. The summed E-state index contributed by atoms with van der Waals surface area (Å²) in [5, 5.41) is 34.5. The Labute approximate surface area is 226 Å². The van der Waals surface area contributed by atoms with Crippen LogP contribution in [0.25, 0.3) is 11.1 Å². The SMILES string of the molecule is N#Cc1c(N)nc(SCc2csc(Nc3cccc(Cl)c3F)n2)c(C#N)c1-c1ccc(CCCO)cc1. The Morgan fingerprint density at radius 1 is 1.11 bits per heavy atom. The van der Waals surface area contributed by atoms with Crippen molar-refractivity contribution < 1.29 is 9.50 Å². The molecule has 0 bridgehead atoms. The number of aliphatic hydroxyl groups is 1. The van der Waals surface area contributed by atoms with Crippen LogP contribution in [0.1, 0.15) is 28.8 Å². The molecule has 0 unspecified atom stereocenters. The summed E-state index contributed by atoms with van der Waals surface area (Å²) in [6, 6.07) is 16.4. The molecule has 4 N–H and O–H groups in total. The average Bonchev–Trinajstić information content (AvgIpc) is 3.36. The number of halogens is 2. The van der Waals surface area contributed by atoms with E-state index in [9.17, 15) is 14.9 Å². The lowest BCUT2D eigenvalue weighted by Crippen LogP contribution is -2.03. The number of hydrogen-bond donors (Lipinski definition) is 3. The van der Waals surface area contributed by atoms with Crippen molar-refractivity contribution in [1.29, 1.82) is 10.5 Å². The maximum Gasteiger partial charge on any atom is 0.187 e. The van der Waals surface area contributed by atoms with Gasteiger partial charge in [-0.15, -0.1) is 11.3 Å². The van der Waals surface area contributed by atoms with Crippen LogP contribution in [0, 0.1) is 28.5 Å². The minimum atomic E-state index is -0.555. The van der Waals surface area contributed by atoms with E-state index in [1.807, 2.05) is 29.6 Å². The van der Waals surface area contributed by atoms with Crippen LogP contribution in [0.3, 0.4) is 0 Å². The van der Waals surface area contributed by atoms with E-state index in [2.05, 4.69) is 27.4 Å². The normalized spacial score (nSPS) is 10.6. The van der Waals surface area contributed by atoms with Gasteiger partial charge in [0.2, 0.25) is 0 Å². The molecular formula is C26H20ClFN6OS2. The highest BCUT2D eigenvalue weighted by Crippen LogP contribution is 2.37. The maximum atomic E-state index is 14.2. The molecule has 0 radical (unpaired) electrons. The molecule has 7 nitrogen and oxygen atoms in total. The molecule has 2 aromatic heterocycles. The number of pyridine rings is 1. The van der Waals surface area contributed by atoms with E-state index in [0.29, 0.717) is 39.2 Å². The molecule has 0 amide bonds. The molecule has 0 aliphatic carbocycles. The van der Waals surface area contributed by atoms with Crippen LogP contribution in [0.5, 0.6) is 0 Å². The number of nitriles is 2. The second kappa shape index (κ2) is 12.0. The van der Waals surface area contributed by atoms with Crippen LogP contribution in [0.2, 0.25) is 5.02 Å². The smallest absolute Gasteiger partial charge is 0.187 e. The molecule has 4 rings (SSSR count). The number of aryl methyl sites for hydroxylation is 1. The number of nitrogens with two attached hydrogens (primary N) is 1. The van der Waals surface area contributed by atoms with Gasteiger partial charge < -0.3 is 16.2 Å². The van der Waals surface area contributed by atoms with E-state index in [4.69, 9.17) is 22.4 Å². The third kappa shape index (κ3) is 6.01. The number of hydrogen-bond acceptors (Lipinski definition) is 9. The van der Waals surface area contributed by atoms with Crippen molar-refractivity contribution in [3.63, 3.8) is 0 Å². The third-order valence-electron chi connectivity index (χ3n) is 5.38. The number of nitrogens with zero attached hydrogens (tertiary/aromatic N) is 4. The van der Waals surface area contributed by atoms with E-state index >= 15 is 0 Å². The predicted octanol–water partition coefficient (Wildman–Crippen LogP) is 6.28. The molecule has 0 spiro atoms. The summed E-state index contributed by atoms with van der Waals surface area (Å²) in [5.41, 5.74) is 9.60. The Morgan fingerprint density at radius 3 is 2.57 bits per heavy atom. The maximum absolute atomic E-state index is 14.2. The number of thioether (sulfide) groups is 1. The van der Waals surface area contributed by atoms with Crippen molar-refractivity contribution in [3.05, 3.63) is 81.1 Å². The predicted molar refractivity (Wildman–Crippen MR) is 145 cm³/mol. The van der Waals surface area contributed by atoms with Crippen LogP contribution in [0.4, 0.5) is 21.0 Å². The van der Waals surface area contributed by atoms with E-state index in [1.54, 1.807) is 12.1 Å². The van der Waals surface area contributed by atoms with E-state index in [1.165, 1.54) is 29.2 Å². The highest BCUT2D eigenvalue weighted by molar-refractivity contribution is 7.98. The first kappa shape index (κ1) is 26.4. The minimum Gasteiger partial charge on any atom is -0.396 e. The summed E-state index contributed by atoms with van der Waals surface area (Å²) in [4.78, 5) is 8.82. The summed E-state index contributed by atoms with van der Waals surface area (Å²) in [6.07, 6.45) is 1.37. The van der Waals surface area contributed by atoms with Gasteiger partial charge in [-0.1, -0.05) is 53.7 Å². The van der Waals surface area contributed by atoms with Crippen LogP contribution in [-0.4, -0.2) is 21.7 Å². The van der Waals surface area contributed by atoms with E-state index in [-0.39, 0.29) is 34.3 Å². The molecule has 0 fully saturated rings. The van der Waals surface area contributed by atoms with Crippen molar-refractivity contribution >= 4 is 51.3 Å². The number of nitrogens with one attached hydrogen (secondary N) is 1. The zero-order valence-corrected chi connectivity index (χ0v) is 21.7. The average molecular weight is 551 g/mol. The fourth-order valence-corrected chi connectivity index (χ4v) is 5.49. The van der Waals surface area contributed by atoms with Crippen molar-refractivity contribution in [1.82, 2.24) is 9.97 Å². The second-order valence-corrected chi connectivity index (χ2v) is 10.1. The summed E-state index contributed by atoms with van der Waals surface area (Å²) >= 11 is 8.43. The summed E-state index contributed by atoms with van der Waals surface area (Å²) < 4.78 is 14.2. The molecule has 2 heterocycles. The number of nitrogen functional groups attached to an aromatic ring is 1. The number of aliphatic hydroxyl groups excluding tert-OH is 1. The lowest BCUT2D eigenvalue weighted by Gasteiger charge is -2.13. The highest BCUT2D eigenvalue weighted by Gasteiger charge is 2.21. The Hall–Kier alpha value is -3.67. The molecule has 0 saturated carbocycles. The van der Waals surface area contributed by atoms with Crippen molar-refractivity contribution in [3.8, 4) is 23.3 Å². The van der Waals surface area contributed by atoms with Gasteiger partial charge in [-0.05, 0) is 36.1 Å². The molecule has 0 saturated heterocycles. The minimum absolute atomic E-state index is 0.0152. The largest absolute Gasteiger partial charge is 0.396 e. The zero-order valence-electron chi connectivity index (χ0n) is 19.3. The van der Waals surface area contributed by atoms with Gasteiger partial charge in [0.05, 0.1) is 22.0 Å². The molecule has 4 aromatic rings. The summed E-state index contributed by atoms with van der Waals surface area (Å²) in [7, 11) is 0. The Balaban J connectivity index is 1.58. The van der Waals surface area contributed by atoms with Gasteiger partial charge in [0.15, 0.2) is 10.9 Å². The van der Waals surface area contributed by atoms with Gasteiger partial charge in [-0.3, -0.25) is 0 Å². The van der Waals surface area contributed by atoms with Gasteiger partial charge in [0, 0.05) is 23.3 Å². The molecular weight excluding hydrogens is 531 g/mol. The number of benzene rings is 2.